The van der Waals surface area contributed by atoms with Gasteiger partial charge in [-0.3, -0.25) is 0 Å². The van der Waals surface area contributed by atoms with Crippen molar-refractivity contribution in [2.45, 2.75) is 18.9 Å². The van der Waals surface area contributed by atoms with Crippen molar-refractivity contribution < 1.29 is 0 Å². The van der Waals surface area contributed by atoms with Gasteiger partial charge < -0.3 is 10.2 Å². The van der Waals surface area contributed by atoms with Crippen LogP contribution in [0.5, 0.6) is 0 Å². The summed E-state index contributed by atoms with van der Waals surface area (Å²) in [5.74, 6) is 1.72. The molecule has 0 aromatic carbocycles. The number of hydrogen-bond acceptors (Lipinski definition) is 6. The van der Waals surface area contributed by atoms with Gasteiger partial charge in [0.05, 0.1) is 0 Å². The van der Waals surface area contributed by atoms with Gasteiger partial charge in [0.2, 0.25) is 0 Å². The summed E-state index contributed by atoms with van der Waals surface area (Å²) in [6.45, 7) is 3.26. The molecule has 0 spiro atoms. The maximum atomic E-state index is 4.45. The van der Waals surface area contributed by atoms with Crippen molar-refractivity contribution in [3.63, 3.8) is 0 Å². The maximum Gasteiger partial charge on any atom is 0.200 e. The molecule has 18 heavy (non-hydrogen) atoms. The lowest BCUT2D eigenvalue weighted by Crippen LogP contribution is -2.40. The van der Waals surface area contributed by atoms with E-state index < -0.39 is 0 Å². The van der Waals surface area contributed by atoms with Crippen molar-refractivity contribution in [3.05, 3.63) is 12.1 Å². The predicted octanol–water partition coefficient (Wildman–Crippen LogP) is -0.293. The molecule has 0 radical (unpaired) electrons. The molecule has 7 nitrogen and oxygen atoms in total. The van der Waals surface area contributed by atoms with E-state index in [0.717, 1.165) is 31.4 Å². The zero-order valence-corrected chi connectivity index (χ0v) is 10.0. The zero-order valence-electron chi connectivity index (χ0n) is 10.0. The molecule has 2 unspecified atom stereocenters. The van der Waals surface area contributed by atoms with Crippen molar-refractivity contribution in [3.8, 4) is 0 Å². The van der Waals surface area contributed by atoms with E-state index in [0.29, 0.717) is 11.7 Å². The van der Waals surface area contributed by atoms with Gasteiger partial charge in [-0.2, -0.15) is 0 Å². The third-order valence-electron chi connectivity index (χ3n) is 3.98. The van der Waals surface area contributed by atoms with Crippen molar-refractivity contribution >= 4 is 11.5 Å². The fourth-order valence-corrected chi connectivity index (χ4v) is 3.04. The second kappa shape index (κ2) is 3.88. The fraction of sp³-hybridized carbons (Fsp3) is 0.636. The van der Waals surface area contributed by atoms with Gasteiger partial charge in [-0.25, -0.2) is 0 Å². The molecule has 2 atom stereocenters. The molecule has 2 aromatic heterocycles. The Kier molecular flexibility index (Phi) is 2.19. The van der Waals surface area contributed by atoms with E-state index in [1.54, 1.807) is 0 Å². The van der Waals surface area contributed by atoms with Gasteiger partial charge in [-0.1, -0.05) is 0 Å². The summed E-state index contributed by atoms with van der Waals surface area (Å²) in [6.07, 6.45) is 2.61. The van der Waals surface area contributed by atoms with Crippen molar-refractivity contribution in [2.24, 2.45) is 5.92 Å². The van der Waals surface area contributed by atoms with Crippen LogP contribution >= 0.6 is 0 Å². The smallest absolute Gasteiger partial charge is 0.200 e. The van der Waals surface area contributed by atoms with Crippen molar-refractivity contribution in [1.29, 1.82) is 0 Å². The normalized spacial score (nSPS) is 27.7. The Morgan fingerprint density at radius 2 is 2.28 bits per heavy atom. The Bertz CT molecular complexity index is 551. The Morgan fingerprint density at radius 3 is 3.22 bits per heavy atom. The van der Waals surface area contributed by atoms with E-state index in [2.05, 4.69) is 30.8 Å². The molecule has 4 heterocycles. The highest BCUT2D eigenvalue weighted by atomic mass is 15.6. The first-order chi connectivity index (χ1) is 8.90. The molecule has 0 bridgehead atoms. The molecule has 2 saturated heterocycles. The number of nitrogens with one attached hydrogen (secondary N) is 1. The number of fused-ring (bicyclic) bond motifs is 2. The second-order valence-electron chi connectivity index (χ2n) is 5.09. The van der Waals surface area contributed by atoms with Crippen molar-refractivity contribution in [2.75, 3.05) is 24.5 Å². The lowest BCUT2D eigenvalue weighted by Gasteiger charge is -2.24. The Balaban J connectivity index is 1.62. The van der Waals surface area contributed by atoms with Crippen LogP contribution in [0, 0.1) is 5.92 Å². The summed E-state index contributed by atoms with van der Waals surface area (Å²) in [7, 11) is 0. The summed E-state index contributed by atoms with van der Waals surface area (Å²) < 4.78 is 1.49. The van der Waals surface area contributed by atoms with E-state index in [-0.39, 0.29) is 0 Å². The molecule has 0 aliphatic carbocycles. The average Bonchev–Trinajstić information content (AvgIpc) is 3.04. The molecular formula is C11H15N7. The van der Waals surface area contributed by atoms with Gasteiger partial charge in [0.1, 0.15) is 0 Å². The SMILES string of the molecule is c1cc2nnnn2nc1N1CC2CCCNC2C1. The topological polar surface area (TPSA) is 71.2 Å². The lowest BCUT2D eigenvalue weighted by atomic mass is 9.94. The van der Waals surface area contributed by atoms with Gasteiger partial charge >= 0.3 is 0 Å². The number of aromatic nitrogens is 5. The molecule has 0 saturated carbocycles. The first-order valence-electron chi connectivity index (χ1n) is 6.44. The minimum Gasteiger partial charge on any atom is -0.353 e. The molecule has 2 aliphatic heterocycles. The summed E-state index contributed by atoms with van der Waals surface area (Å²) in [4.78, 5) is 2.33. The largest absolute Gasteiger partial charge is 0.353 e. The van der Waals surface area contributed by atoms with Gasteiger partial charge in [0.25, 0.3) is 0 Å². The van der Waals surface area contributed by atoms with Crippen LogP contribution in [-0.2, 0) is 0 Å². The second-order valence-corrected chi connectivity index (χ2v) is 5.09. The third-order valence-corrected chi connectivity index (χ3v) is 3.98. The standard InChI is InChI=1S/C11H15N7/c1-2-8-6-17(7-9(8)12-5-1)11-4-3-10-13-15-16-18(10)14-11/h3-4,8-9,12H,1-2,5-7H2. The third kappa shape index (κ3) is 1.54. The van der Waals surface area contributed by atoms with Crippen molar-refractivity contribution in [1.82, 2.24) is 30.6 Å². The predicted molar refractivity (Wildman–Crippen MR) is 65.3 cm³/mol. The highest BCUT2D eigenvalue weighted by molar-refractivity contribution is 5.45. The number of rotatable bonds is 1. The summed E-state index contributed by atoms with van der Waals surface area (Å²) in [5, 5.41) is 19.4. The van der Waals surface area contributed by atoms with Gasteiger partial charge in [-0.05, 0) is 47.9 Å². The van der Waals surface area contributed by atoms with Crippen LogP contribution in [0.2, 0.25) is 0 Å². The van der Waals surface area contributed by atoms with Gasteiger partial charge in [0, 0.05) is 19.1 Å². The minimum atomic E-state index is 0.616. The van der Waals surface area contributed by atoms with Crippen LogP contribution in [0.15, 0.2) is 12.1 Å². The molecule has 2 aliphatic rings. The molecule has 7 heteroatoms. The molecular weight excluding hydrogens is 230 g/mol. The highest BCUT2D eigenvalue weighted by Gasteiger charge is 2.34. The Morgan fingerprint density at radius 1 is 1.28 bits per heavy atom. The quantitative estimate of drug-likeness (QED) is 0.744. The molecule has 0 amide bonds. The van der Waals surface area contributed by atoms with Gasteiger partial charge in [-0.15, -0.1) is 14.8 Å². The first kappa shape index (κ1) is 10.2. The molecule has 94 valence electrons. The molecule has 2 aromatic rings. The average molecular weight is 245 g/mol. The summed E-state index contributed by atoms with van der Waals surface area (Å²) >= 11 is 0. The molecule has 2 fully saturated rings. The number of tetrazole rings is 1. The maximum absolute atomic E-state index is 4.45. The van der Waals surface area contributed by atoms with Crippen LogP contribution in [-0.4, -0.2) is 50.9 Å². The van der Waals surface area contributed by atoms with Crippen LogP contribution in [0.25, 0.3) is 5.65 Å². The summed E-state index contributed by atoms with van der Waals surface area (Å²) in [6, 6.07) is 4.53. The van der Waals surface area contributed by atoms with Crippen LogP contribution in [0.1, 0.15) is 12.8 Å². The van der Waals surface area contributed by atoms with E-state index in [1.807, 2.05) is 12.1 Å². The first-order valence-corrected chi connectivity index (χ1v) is 6.44. The van der Waals surface area contributed by atoms with Crippen LogP contribution in [0.3, 0.4) is 0 Å². The number of anilines is 1. The van der Waals surface area contributed by atoms with Gasteiger partial charge in [0.15, 0.2) is 11.5 Å². The molecule has 1 N–H and O–H groups in total. The van der Waals surface area contributed by atoms with E-state index >= 15 is 0 Å². The fourth-order valence-electron chi connectivity index (χ4n) is 3.04. The van der Waals surface area contributed by atoms with Crippen LogP contribution < -0.4 is 10.2 Å². The number of nitrogens with zero attached hydrogens (tertiary/aromatic N) is 6. The lowest BCUT2D eigenvalue weighted by molar-refractivity contribution is 0.340. The summed E-state index contributed by atoms with van der Waals surface area (Å²) in [5.41, 5.74) is 0.688. The monoisotopic (exact) mass is 245 g/mol. The minimum absolute atomic E-state index is 0.616. The zero-order chi connectivity index (χ0) is 11.9. The Hall–Kier alpha value is -1.76. The highest BCUT2D eigenvalue weighted by Crippen LogP contribution is 2.27. The van der Waals surface area contributed by atoms with Crippen LogP contribution in [0.4, 0.5) is 5.82 Å². The number of piperidine rings is 1. The number of hydrogen-bond donors (Lipinski definition) is 1. The van der Waals surface area contributed by atoms with E-state index in [1.165, 1.54) is 17.5 Å². The molecule has 4 rings (SSSR count). The Labute approximate surface area is 104 Å². The van der Waals surface area contributed by atoms with E-state index in [4.69, 9.17) is 0 Å². The van der Waals surface area contributed by atoms with E-state index in [9.17, 15) is 0 Å².